The molecule has 3 aromatic carbocycles. The van der Waals surface area contributed by atoms with E-state index in [9.17, 15) is 18.0 Å². The van der Waals surface area contributed by atoms with Crippen LogP contribution < -0.4 is 16.0 Å². The van der Waals surface area contributed by atoms with Gasteiger partial charge in [0.1, 0.15) is 0 Å². The Hall–Kier alpha value is -4.15. The van der Waals surface area contributed by atoms with Gasteiger partial charge in [0.05, 0.1) is 26.9 Å². The zero-order chi connectivity index (χ0) is 28.1. The van der Waals surface area contributed by atoms with E-state index in [1.807, 2.05) is 43.3 Å². The second-order valence-electron chi connectivity index (χ2n) is 9.60. The van der Waals surface area contributed by atoms with Crippen molar-refractivity contribution in [2.24, 2.45) is 5.73 Å². The van der Waals surface area contributed by atoms with Crippen LogP contribution in [0.25, 0.3) is 16.9 Å². The summed E-state index contributed by atoms with van der Waals surface area (Å²) in [5.41, 5.74) is 11.3. The van der Waals surface area contributed by atoms with Gasteiger partial charge >= 0.3 is 0 Å². The number of hydrogen-bond acceptors (Lipinski definition) is 6. The molecule has 1 aromatic heterocycles. The molecular weight excluding hydrogens is 538 g/mol. The molecule has 9 nitrogen and oxygen atoms in total. The summed E-state index contributed by atoms with van der Waals surface area (Å²) in [5.74, 6) is -1.01. The van der Waals surface area contributed by atoms with Crippen LogP contribution in [0, 0.1) is 0 Å². The van der Waals surface area contributed by atoms with Gasteiger partial charge in [0.15, 0.2) is 15.5 Å². The zero-order valence-electron chi connectivity index (χ0n) is 21.5. The van der Waals surface area contributed by atoms with Crippen LogP contribution in [0.5, 0.6) is 0 Å². The molecule has 2 amide bonds. The van der Waals surface area contributed by atoms with E-state index in [0.29, 0.717) is 46.1 Å². The fourth-order valence-corrected chi connectivity index (χ4v) is 5.53. The SMILES string of the molecule is CN(C)c1ccc(Cl)c(C(=O)Nc2ccc3c(c2)-c2c(c(C(N)=O)nn2-c2ccc(S(C)(=O)=O)cc2)CC3)c1. The summed E-state index contributed by atoms with van der Waals surface area (Å²) in [4.78, 5) is 27.5. The molecule has 0 atom stereocenters. The number of carbonyl (C=O) groups excluding carboxylic acids is 2. The van der Waals surface area contributed by atoms with Crippen LogP contribution in [0.15, 0.2) is 65.6 Å². The number of fused-ring (bicyclic) bond motifs is 3. The van der Waals surface area contributed by atoms with Crippen LogP contribution in [-0.2, 0) is 22.7 Å². The highest BCUT2D eigenvalue weighted by molar-refractivity contribution is 7.90. The third kappa shape index (κ3) is 5.00. The van der Waals surface area contributed by atoms with Gasteiger partial charge < -0.3 is 16.0 Å². The van der Waals surface area contributed by atoms with E-state index in [1.165, 1.54) is 12.1 Å². The number of hydrogen-bond donors (Lipinski definition) is 2. The van der Waals surface area contributed by atoms with Crippen molar-refractivity contribution < 1.29 is 18.0 Å². The fraction of sp³-hybridized carbons (Fsp3) is 0.179. The third-order valence-electron chi connectivity index (χ3n) is 6.70. The largest absolute Gasteiger partial charge is 0.378 e. The highest BCUT2D eigenvalue weighted by Crippen LogP contribution is 2.38. The molecule has 200 valence electrons. The van der Waals surface area contributed by atoms with Crippen LogP contribution in [0.1, 0.15) is 32.0 Å². The van der Waals surface area contributed by atoms with E-state index in [-0.39, 0.29) is 16.5 Å². The molecule has 0 saturated carbocycles. The Morgan fingerprint density at radius 1 is 1.03 bits per heavy atom. The maximum atomic E-state index is 13.2. The molecule has 0 saturated heterocycles. The molecule has 11 heteroatoms. The summed E-state index contributed by atoms with van der Waals surface area (Å²) >= 11 is 6.33. The van der Waals surface area contributed by atoms with Crippen molar-refractivity contribution in [3.05, 3.63) is 88.1 Å². The average molecular weight is 564 g/mol. The van der Waals surface area contributed by atoms with Crippen molar-refractivity contribution in [3.8, 4) is 16.9 Å². The number of halogens is 1. The molecule has 0 bridgehead atoms. The van der Waals surface area contributed by atoms with E-state index in [4.69, 9.17) is 17.3 Å². The van der Waals surface area contributed by atoms with Crippen molar-refractivity contribution in [2.45, 2.75) is 17.7 Å². The van der Waals surface area contributed by atoms with Gasteiger partial charge in [0.25, 0.3) is 11.8 Å². The van der Waals surface area contributed by atoms with Crippen molar-refractivity contribution in [3.63, 3.8) is 0 Å². The van der Waals surface area contributed by atoms with E-state index in [1.54, 1.807) is 28.9 Å². The minimum atomic E-state index is -3.38. The second-order valence-corrected chi connectivity index (χ2v) is 12.0. The van der Waals surface area contributed by atoms with Gasteiger partial charge in [-0.3, -0.25) is 9.59 Å². The number of sulfone groups is 1. The topological polar surface area (TPSA) is 127 Å². The molecule has 4 aromatic rings. The van der Waals surface area contributed by atoms with Crippen LogP contribution in [-0.4, -0.2) is 50.4 Å². The first kappa shape index (κ1) is 26.5. The van der Waals surface area contributed by atoms with Crippen molar-refractivity contribution >= 4 is 44.6 Å². The number of nitrogens with zero attached hydrogens (tertiary/aromatic N) is 3. The lowest BCUT2D eigenvalue weighted by Crippen LogP contribution is -2.16. The molecule has 1 aliphatic carbocycles. The molecule has 0 unspecified atom stereocenters. The van der Waals surface area contributed by atoms with Crippen molar-refractivity contribution in [2.75, 3.05) is 30.6 Å². The number of nitrogens with two attached hydrogens (primary N) is 1. The van der Waals surface area contributed by atoms with Gasteiger partial charge in [-0.15, -0.1) is 0 Å². The summed E-state index contributed by atoms with van der Waals surface area (Å²) in [5, 5.41) is 7.77. The smallest absolute Gasteiger partial charge is 0.269 e. The molecule has 1 aliphatic rings. The van der Waals surface area contributed by atoms with Gasteiger partial charge in [-0.2, -0.15) is 5.10 Å². The third-order valence-corrected chi connectivity index (χ3v) is 8.16. The van der Waals surface area contributed by atoms with Crippen LogP contribution in [0.4, 0.5) is 11.4 Å². The molecular formula is C28H26ClN5O4S. The molecule has 0 fully saturated rings. The molecule has 39 heavy (non-hydrogen) atoms. The van der Waals surface area contributed by atoms with Gasteiger partial charge in [-0.1, -0.05) is 17.7 Å². The number of nitrogens with one attached hydrogen (secondary N) is 1. The summed E-state index contributed by atoms with van der Waals surface area (Å²) in [6.45, 7) is 0. The molecule has 0 spiro atoms. The Kier molecular flexibility index (Phi) is 6.69. The number of amides is 2. The van der Waals surface area contributed by atoms with Gasteiger partial charge in [-0.25, -0.2) is 13.1 Å². The van der Waals surface area contributed by atoms with Gasteiger partial charge in [-0.05, 0) is 73.0 Å². The summed E-state index contributed by atoms with van der Waals surface area (Å²) in [6, 6.07) is 17.1. The Balaban J connectivity index is 1.58. The molecule has 0 aliphatic heterocycles. The normalized spacial score (nSPS) is 12.4. The Morgan fingerprint density at radius 3 is 2.38 bits per heavy atom. The van der Waals surface area contributed by atoms with Crippen molar-refractivity contribution in [1.82, 2.24) is 9.78 Å². The predicted molar refractivity (Wildman–Crippen MR) is 152 cm³/mol. The molecule has 5 rings (SSSR count). The van der Waals surface area contributed by atoms with Crippen LogP contribution in [0.3, 0.4) is 0 Å². The van der Waals surface area contributed by atoms with E-state index in [2.05, 4.69) is 10.4 Å². The van der Waals surface area contributed by atoms with E-state index in [0.717, 1.165) is 23.1 Å². The minimum absolute atomic E-state index is 0.157. The van der Waals surface area contributed by atoms with Gasteiger partial charge in [0.2, 0.25) is 0 Å². The first-order chi connectivity index (χ1) is 18.4. The molecule has 1 heterocycles. The molecule has 3 N–H and O–H groups in total. The lowest BCUT2D eigenvalue weighted by atomic mass is 9.88. The standard InChI is InChI=1S/C28H26ClN5O4S/c1-33(2)19-9-13-24(29)23(15-19)28(36)31-17-6-4-16-5-12-21-25(27(30)35)32-34(26(21)22(16)14-17)18-7-10-20(11-8-18)39(3,37)38/h4,6-11,13-15H,5,12H2,1-3H3,(H2,30,35)(H,31,36). The zero-order valence-corrected chi connectivity index (χ0v) is 23.1. The Bertz CT molecular complexity index is 1740. The predicted octanol–water partition coefficient (Wildman–Crippen LogP) is 4.11. The monoisotopic (exact) mass is 563 g/mol. The summed E-state index contributed by atoms with van der Waals surface area (Å²) in [7, 11) is 0.375. The number of aromatic nitrogens is 2. The van der Waals surface area contributed by atoms with Gasteiger partial charge in [0, 0.05) is 42.9 Å². The number of primary amides is 1. The number of rotatable bonds is 6. The van der Waals surface area contributed by atoms with Crippen LogP contribution >= 0.6 is 11.6 Å². The average Bonchev–Trinajstić information content (AvgIpc) is 3.29. The maximum absolute atomic E-state index is 13.2. The lowest BCUT2D eigenvalue weighted by Gasteiger charge is -2.20. The second kappa shape index (κ2) is 9.87. The number of anilines is 2. The first-order valence-electron chi connectivity index (χ1n) is 12.1. The maximum Gasteiger partial charge on any atom is 0.269 e. The first-order valence-corrected chi connectivity index (χ1v) is 14.3. The molecule has 0 radical (unpaired) electrons. The van der Waals surface area contributed by atoms with Crippen LogP contribution in [0.2, 0.25) is 5.02 Å². The highest BCUT2D eigenvalue weighted by atomic mass is 35.5. The van der Waals surface area contributed by atoms with E-state index >= 15 is 0 Å². The minimum Gasteiger partial charge on any atom is -0.378 e. The number of benzene rings is 3. The Labute approximate surface area is 231 Å². The summed E-state index contributed by atoms with van der Waals surface area (Å²) < 4.78 is 25.5. The Morgan fingerprint density at radius 2 is 1.74 bits per heavy atom. The number of carbonyl (C=O) groups is 2. The fourth-order valence-electron chi connectivity index (χ4n) is 4.70. The lowest BCUT2D eigenvalue weighted by molar-refractivity contribution is 0.0992. The quantitative estimate of drug-likeness (QED) is 0.363. The highest BCUT2D eigenvalue weighted by Gasteiger charge is 2.28. The number of aryl methyl sites for hydroxylation is 1. The van der Waals surface area contributed by atoms with E-state index < -0.39 is 15.7 Å². The van der Waals surface area contributed by atoms with Crippen molar-refractivity contribution in [1.29, 1.82) is 0 Å². The summed E-state index contributed by atoms with van der Waals surface area (Å²) in [6.07, 6.45) is 2.35.